The van der Waals surface area contributed by atoms with Gasteiger partial charge in [0.15, 0.2) is 11.8 Å². The summed E-state index contributed by atoms with van der Waals surface area (Å²) in [5.74, 6) is 2.54. The van der Waals surface area contributed by atoms with Crippen LogP contribution >= 0.6 is 0 Å². The minimum absolute atomic E-state index is 0.496. The largest absolute Gasteiger partial charge is 0.385 e. The van der Waals surface area contributed by atoms with Gasteiger partial charge in [0, 0.05) is 33.9 Å². The Balaban J connectivity index is 1.83. The van der Waals surface area contributed by atoms with Crippen LogP contribution in [-0.4, -0.2) is 47.5 Å². The summed E-state index contributed by atoms with van der Waals surface area (Å²) in [7, 11) is 3.67. The van der Waals surface area contributed by atoms with E-state index < -0.39 is 0 Å². The van der Waals surface area contributed by atoms with Crippen LogP contribution in [0.1, 0.15) is 30.1 Å². The van der Waals surface area contributed by atoms with E-state index in [1.165, 1.54) is 5.56 Å². The molecule has 0 saturated heterocycles. The van der Waals surface area contributed by atoms with Gasteiger partial charge in [0.2, 0.25) is 0 Å². The Labute approximate surface area is 155 Å². The molecule has 0 unspecified atom stereocenters. The minimum Gasteiger partial charge on any atom is -0.385 e. The standard InChI is InChI=1S/C19H30N6O/c1-16-23-24-18(25(16)2)15-22-19(21-13-8-14-26-3)20-12-7-11-17-9-5-4-6-10-17/h4-6,9-10H,7-8,11-15H2,1-3H3,(H2,20,21,22). The third kappa shape index (κ3) is 6.84. The first-order valence-electron chi connectivity index (χ1n) is 9.10. The molecular formula is C19H30N6O. The van der Waals surface area contributed by atoms with E-state index in [0.717, 1.165) is 56.6 Å². The van der Waals surface area contributed by atoms with Gasteiger partial charge >= 0.3 is 0 Å². The molecule has 2 N–H and O–H groups in total. The van der Waals surface area contributed by atoms with Crippen molar-refractivity contribution in [3.05, 3.63) is 47.5 Å². The molecule has 2 rings (SSSR count). The lowest BCUT2D eigenvalue weighted by molar-refractivity contribution is 0.195. The highest BCUT2D eigenvalue weighted by Gasteiger charge is 2.05. The van der Waals surface area contributed by atoms with Crippen LogP contribution in [0.4, 0.5) is 0 Å². The fourth-order valence-corrected chi connectivity index (χ4v) is 2.48. The molecule has 1 aromatic heterocycles. The molecule has 0 saturated carbocycles. The number of aliphatic imine (C=N–C) groups is 1. The summed E-state index contributed by atoms with van der Waals surface area (Å²) >= 11 is 0. The maximum absolute atomic E-state index is 5.10. The van der Waals surface area contributed by atoms with Gasteiger partial charge in [-0.1, -0.05) is 30.3 Å². The molecule has 26 heavy (non-hydrogen) atoms. The van der Waals surface area contributed by atoms with Crippen molar-refractivity contribution in [2.45, 2.75) is 32.7 Å². The summed E-state index contributed by atoms with van der Waals surface area (Å²) in [6.07, 6.45) is 3.03. The summed E-state index contributed by atoms with van der Waals surface area (Å²) in [5, 5.41) is 15.0. The number of aromatic nitrogens is 3. The summed E-state index contributed by atoms with van der Waals surface area (Å²) < 4.78 is 7.06. The second-order valence-electron chi connectivity index (χ2n) is 6.18. The Hall–Kier alpha value is -2.41. The molecule has 0 bridgehead atoms. The van der Waals surface area contributed by atoms with Crippen LogP contribution in [0.25, 0.3) is 0 Å². The lowest BCUT2D eigenvalue weighted by Crippen LogP contribution is -2.38. The lowest BCUT2D eigenvalue weighted by atomic mass is 10.1. The topological polar surface area (TPSA) is 76.4 Å². The van der Waals surface area contributed by atoms with Gasteiger partial charge in [-0.3, -0.25) is 0 Å². The summed E-state index contributed by atoms with van der Waals surface area (Å²) in [6.45, 7) is 4.84. The Morgan fingerprint density at radius 1 is 1.12 bits per heavy atom. The Bertz CT molecular complexity index is 668. The Morgan fingerprint density at radius 3 is 2.50 bits per heavy atom. The van der Waals surface area contributed by atoms with E-state index in [1.54, 1.807) is 7.11 Å². The average molecular weight is 358 g/mol. The van der Waals surface area contributed by atoms with Gasteiger partial charge in [-0.05, 0) is 31.7 Å². The third-order valence-electron chi connectivity index (χ3n) is 4.16. The second kappa shape index (κ2) is 11.3. The van der Waals surface area contributed by atoms with Gasteiger partial charge in [-0.25, -0.2) is 4.99 Å². The number of rotatable bonds is 10. The summed E-state index contributed by atoms with van der Waals surface area (Å²) in [5.41, 5.74) is 1.36. The molecule has 0 aliphatic carbocycles. The number of benzene rings is 1. The number of hydrogen-bond acceptors (Lipinski definition) is 4. The molecule has 7 heteroatoms. The number of aryl methyl sites for hydroxylation is 2. The van der Waals surface area contributed by atoms with Crippen molar-refractivity contribution in [3.63, 3.8) is 0 Å². The molecule has 0 radical (unpaired) electrons. The van der Waals surface area contributed by atoms with Crippen LogP contribution in [0.3, 0.4) is 0 Å². The zero-order valence-electron chi connectivity index (χ0n) is 16.0. The van der Waals surface area contributed by atoms with Crippen molar-refractivity contribution in [2.24, 2.45) is 12.0 Å². The van der Waals surface area contributed by atoms with Crippen LogP contribution in [0, 0.1) is 6.92 Å². The van der Waals surface area contributed by atoms with Gasteiger partial charge in [-0.15, -0.1) is 10.2 Å². The first-order chi connectivity index (χ1) is 12.7. The molecule has 7 nitrogen and oxygen atoms in total. The quantitative estimate of drug-likeness (QED) is 0.385. The van der Waals surface area contributed by atoms with E-state index in [1.807, 2.05) is 24.6 Å². The fraction of sp³-hybridized carbons (Fsp3) is 0.526. The van der Waals surface area contributed by atoms with E-state index in [0.29, 0.717) is 6.54 Å². The number of methoxy groups -OCH3 is 1. The molecule has 0 aliphatic rings. The Morgan fingerprint density at radius 2 is 1.85 bits per heavy atom. The van der Waals surface area contributed by atoms with Crippen molar-refractivity contribution >= 4 is 5.96 Å². The van der Waals surface area contributed by atoms with Gasteiger partial charge in [0.1, 0.15) is 12.4 Å². The van der Waals surface area contributed by atoms with Crippen molar-refractivity contribution < 1.29 is 4.74 Å². The molecule has 142 valence electrons. The summed E-state index contributed by atoms with van der Waals surface area (Å²) in [6, 6.07) is 10.5. The highest BCUT2D eigenvalue weighted by Crippen LogP contribution is 2.02. The number of nitrogens with zero attached hydrogens (tertiary/aromatic N) is 4. The fourth-order valence-electron chi connectivity index (χ4n) is 2.48. The highest BCUT2D eigenvalue weighted by atomic mass is 16.5. The number of ether oxygens (including phenoxy) is 1. The molecule has 1 heterocycles. The van der Waals surface area contributed by atoms with Gasteiger partial charge in [0.25, 0.3) is 0 Å². The number of guanidine groups is 1. The zero-order valence-corrected chi connectivity index (χ0v) is 16.0. The van der Waals surface area contributed by atoms with Crippen LogP contribution < -0.4 is 10.6 Å². The van der Waals surface area contributed by atoms with Gasteiger partial charge in [0.05, 0.1) is 0 Å². The summed E-state index contributed by atoms with van der Waals surface area (Å²) in [4.78, 5) is 4.64. The number of nitrogens with one attached hydrogen (secondary N) is 2. The Kier molecular flexibility index (Phi) is 8.62. The molecule has 0 amide bonds. The molecule has 0 atom stereocenters. The highest BCUT2D eigenvalue weighted by molar-refractivity contribution is 5.79. The zero-order chi connectivity index (χ0) is 18.6. The van der Waals surface area contributed by atoms with Gasteiger partial charge < -0.3 is 19.9 Å². The van der Waals surface area contributed by atoms with Crippen LogP contribution in [0.15, 0.2) is 35.3 Å². The first-order valence-corrected chi connectivity index (χ1v) is 9.10. The van der Waals surface area contributed by atoms with Crippen molar-refractivity contribution in [1.82, 2.24) is 25.4 Å². The number of hydrogen-bond donors (Lipinski definition) is 2. The SMILES string of the molecule is COCCCNC(=NCc1nnc(C)n1C)NCCCc1ccccc1. The maximum Gasteiger partial charge on any atom is 0.191 e. The second-order valence-corrected chi connectivity index (χ2v) is 6.18. The van der Waals surface area contributed by atoms with E-state index in [-0.39, 0.29) is 0 Å². The van der Waals surface area contributed by atoms with Crippen LogP contribution in [-0.2, 0) is 24.8 Å². The van der Waals surface area contributed by atoms with Gasteiger partial charge in [-0.2, -0.15) is 0 Å². The lowest BCUT2D eigenvalue weighted by Gasteiger charge is -2.12. The van der Waals surface area contributed by atoms with Crippen molar-refractivity contribution in [2.75, 3.05) is 26.8 Å². The monoisotopic (exact) mass is 358 g/mol. The molecule has 0 fully saturated rings. The maximum atomic E-state index is 5.10. The minimum atomic E-state index is 0.496. The van der Waals surface area contributed by atoms with E-state index in [9.17, 15) is 0 Å². The average Bonchev–Trinajstić information content (AvgIpc) is 2.98. The van der Waals surface area contributed by atoms with Crippen LogP contribution in [0.2, 0.25) is 0 Å². The predicted molar refractivity (Wildman–Crippen MR) is 104 cm³/mol. The molecular weight excluding hydrogens is 328 g/mol. The van der Waals surface area contributed by atoms with E-state index >= 15 is 0 Å². The van der Waals surface area contributed by atoms with E-state index in [4.69, 9.17) is 4.74 Å². The third-order valence-corrected chi connectivity index (χ3v) is 4.16. The van der Waals surface area contributed by atoms with E-state index in [2.05, 4.69) is 50.1 Å². The normalized spacial score (nSPS) is 11.6. The first kappa shape index (κ1) is 19.9. The molecule has 2 aromatic rings. The molecule has 0 aliphatic heterocycles. The predicted octanol–water partition coefficient (Wildman–Crippen LogP) is 1.83. The smallest absolute Gasteiger partial charge is 0.191 e. The molecule has 0 spiro atoms. The molecule has 1 aromatic carbocycles. The van der Waals surface area contributed by atoms with Crippen molar-refractivity contribution in [1.29, 1.82) is 0 Å². The van der Waals surface area contributed by atoms with Crippen molar-refractivity contribution in [3.8, 4) is 0 Å². The van der Waals surface area contributed by atoms with Crippen LogP contribution in [0.5, 0.6) is 0 Å².